The fraction of sp³-hybridized carbons (Fsp3) is 1.00. The van der Waals surface area contributed by atoms with Gasteiger partial charge in [0.2, 0.25) is 0 Å². The molecule has 0 aromatic heterocycles. The Hall–Kier alpha value is -0.170. The van der Waals surface area contributed by atoms with Crippen molar-refractivity contribution in [2.24, 2.45) is 5.41 Å². The second kappa shape index (κ2) is 6.13. The molecule has 0 atom stereocenters. The molecule has 1 fully saturated rings. The first-order valence-electron chi connectivity index (χ1n) is 6.31. The molecule has 0 heterocycles. The predicted octanol–water partition coefficient (Wildman–Crippen LogP) is 0.552. The molecule has 5 nitrogen and oxygen atoms in total. The third kappa shape index (κ3) is 4.54. The van der Waals surface area contributed by atoms with Crippen LogP contribution in [0.4, 0.5) is 0 Å². The summed E-state index contributed by atoms with van der Waals surface area (Å²) in [6.45, 7) is 4.09. The maximum absolute atomic E-state index is 11.9. The van der Waals surface area contributed by atoms with E-state index in [1.165, 1.54) is 4.31 Å². The third-order valence-electron chi connectivity index (χ3n) is 3.65. The molecule has 6 heteroatoms. The summed E-state index contributed by atoms with van der Waals surface area (Å²) < 4.78 is 27.9. The van der Waals surface area contributed by atoms with E-state index >= 15 is 0 Å². The average Bonchev–Trinajstić information content (AvgIpc) is 3.07. The Bertz CT molecular complexity index is 326. The zero-order valence-electron chi connectivity index (χ0n) is 11.1. The first-order chi connectivity index (χ1) is 7.96. The van der Waals surface area contributed by atoms with Gasteiger partial charge in [0, 0.05) is 20.1 Å². The van der Waals surface area contributed by atoms with E-state index in [-0.39, 0.29) is 5.41 Å². The van der Waals surface area contributed by atoms with Gasteiger partial charge in [0.15, 0.2) is 0 Å². The summed E-state index contributed by atoms with van der Waals surface area (Å²) >= 11 is 0. The average molecular weight is 263 g/mol. The zero-order chi connectivity index (χ0) is 12.9. The van der Waals surface area contributed by atoms with Crippen LogP contribution >= 0.6 is 0 Å². The van der Waals surface area contributed by atoms with Crippen molar-refractivity contribution < 1.29 is 8.42 Å². The molecule has 0 aliphatic heterocycles. The molecule has 2 N–H and O–H groups in total. The van der Waals surface area contributed by atoms with Gasteiger partial charge in [-0.05, 0) is 44.7 Å². The van der Waals surface area contributed by atoms with E-state index in [0.717, 1.165) is 32.2 Å². The fourth-order valence-corrected chi connectivity index (χ4v) is 2.86. The topological polar surface area (TPSA) is 61.4 Å². The molecule has 1 aliphatic rings. The van der Waals surface area contributed by atoms with Gasteiger partial charge in [0.05, 0.1) is 0 Å². The highest BCUT2D eigenvalue weighted by molar-refractivity contribution is 7.87. The van der Waals surface area contributed by atoms with Crippen molar-refractivity contribution in [1.82, 2.24) is 14.3 Å². The lowest BCUT2D eigenvalue weighted by Gasteiger charge is -2.20. The molecule has 1 aliphatic carbocycles. The van der Waals surface area contributed by atoms with Crippen LogP contribution in [0.2, 0.25) is 0 Å². The quantitative estimate of drug-likeness (QED) is 0.597. The minimum atomic E-state index is -3.29. The maximum Gasteiger partial charge on any atom is 0.279 e. The van der Waals surface area contributed by atoms with Crippen LogP contribution in [0.25, 0.3) is 0 Å². The van der Waals surface area contributed by atoms with Gasteiger partial charge in [-0.1, -0.05) is 6.92 Å². The Morgan fingerprint density at radius 1 is 1.35 bits per heavy atom. The summed E-state index contributed by atoms with van der Waals surface area (Å²) in [5, 5.41) is 3.01. The van der Waals surface area contributed by atoms with Crippen LogP contribution < -0.4 is 10.0 Å². The molecule has 17 heavy (non-hydrogen) atoms. The van der Waals surface area contributed by atoms with Crippen LogP contribution in [0.5, 0.6) is 0 Å². The molecule has 0 aromatic carbocycles. The predicted molar refractivity (Wildman–Crippen MR) is 70.1 cm³/mol. The van der Waals surface area contributed by atoms with E-state index in [4.69, 9.17) is 0 Å². The normalized spacial score (nSPS) is 18.6. The summed E-state index contributed by atoms with van der Waals surface area (Å²) in [7, 11) is 0.206. The highest BCUT2D eigenvalue weighted by Crippen LogP contribution is 2.47. The molecule has 1 rings (SSSR count). The fourth-order valence-electron chi connectivity index (χ4n) is 1.79. The van der Waals surface area contributed by atoms with Gasteiger partial charge in [-0.2, -0.15) is 12.7 Å². The van der Waals surface area contributed by atoms with Crippen molar-refractivity contribution in [3.8, 4) is 0 Å². The minimum Gasteiger partial charge on any atom is -0.320 e. The number of hydrogen-bond donors (Lipinski definition) is 2. The molecule has 0 unspecified atom stereocenters. The molecule has 1 saturated carbocycles. The molecular weight excluding hydrogens is 238 g/mol. The SMILES string of the molecule is CCC1(CNS(=O)(=O)N(C)CCCNC)CC1. The molecule has 0 amide bonds. The monoisotopic (exact) mass is 263 g/mol. The molecule has 0 bridgehead atoms. The smallest absolute Gasteiger partial charge is 0.279 e. The molecule has 102 valence electrons. The first kappa shape index (κ1) is 14.9. The van der Waals surface area contributed by atoms with Crippen molar-refractivity contribution in [1.29, 1.82) is 0 Å². The van der Waals surface area contributed by atoms with Crippen LogP contribution in [-0.4, -0.2) is 46.5 Å². The summed E-state index contributed by atoms with van der Waals surface area (Å²) in [5.74, 6) is 0. The van der Waals surface area contributed by atoms with Gasteiger partial charge >= 0.3 is 0 Å². The van der Waals surface area contributed by atoms with Gasteiger partial charge in [-0.3, -0.25) is 0 Å². The van der Waals surface area contributed by atoms with E-state index in [1.54, 1.807) is 7.05 Å². The second-order valence-electron chi connectivity index (χ2n) is 4.96. The summed E-state index contributed by atoms with van der Waals surface area (Å²) in [6, 6.07) is 0. The lowest BCUT2D eigenvalue weighted by atomic mass is 10.1. The molecule has 0 saturated heterocycles. The van der Waals surface area contributed by atoms with Crippen LogP contribution in [0, 0.1) is 5.41 Å². The van der Waals surface area contributed by atoms with Crippen LogP contribution in [0.1, 0.15) is 32.6 Å². The first-order valence-corrected chi connectivity index (χ1v) is 7.75. The second-order valence-corrected chi connectivity index (χ2v) is 6.82. The molecule has 0 radical (unpaired) electrons. The van der Waals surface area contributed by atoms with E-state index in [9.17, 15) is 8.42 Å². The Morgan fingerprint density at radius 3 is 2.47 bits per heavy atom. The zero-order valence-corrected chi connectivity index (χ0v) is 11.9. The van der Waals surface area contributed by atoms with Crippen molar-refractivity contribution in [2.75, 3.05) is 33.7 Å². The van der Waals surface area contributed by atoms with Crippen molar-refractivity contribution >= 4 is 10.2 Å². The summed E-state index contributed by atoms with van der Waals surface area (Å²) in [4.78, 5) is 0. The highest BCUT2D eigenvalue weighted by atomic mass is 32.2. The number of nitrogens with zero attached hydrogens (tertiary/aromatic N) is 1. The number of hydrogen-bond acceptors (Lipinski definition) is 3. The molecular formula is C11H25N3O2S. The van der Waals surface area contributed by atoms with Gasteiger partial charge in [0.1, 0.15) is 0 Å². The van der Waals surface area contributed by atoms with Gasteiger partial charge in [-0.25, -0.2) is 4.72 Å². The van der Waals surface area contributed by atoms with Gasteiger partial charge in [-0.15, -0.1) is 0 Å². The van der Waals surface area contributed by atoms with E-state index in [2.05, 4.69) is 17.0 Å². The standard InChI is InChI=1S/C11H25N3O2S/c1-4-11(6-7-11)10-13-17(15,16)14(3)9-5-8-12-2/h12-13H,4-10H2,1-3H3. The Kier molecular flexibility index (Phi) is 5.37. The van der Waals surface area contributed by atoms with Gasteiger partial charge < -0.3 is 5.32 Å². The lowest BCUT2D eigenvalue weighted by molar-refractivity contribution is 0.426. The van der Waals surface area contributed by atoms with E-state index in [0.29, 0.717) is 13.1 Å². The summed E-state index contributed by atoms with van der Waals surface area (Å²) in [6.07, 6.45) is 4.18. The Morgan fingerprint density at radius 2 is 2.00 bits per heavy atom. The molecule has 0 spiro atoms. The van der Waals surface area contributed by atoms with Crippen molar-refractivity contribution in [3.63, 3.8) is 0 Å². The van der Waals surface area contributed by atoms with E-state index in [1.807, 2.05) is 7.05 Å². The van der Waals surface area contributed by atoms with Crippen LogP contribution in [0.3, 0.4) is 0 Å². The summed E-state index contributed by atoms with van der Waals surface area (Å²) in [5.41, 5.74) is 0.249. The Balaban J connectivity index is 2.34. The number of rotatable bonds is 9. The minimum absolute atomic E-state index is 0.249. The van der Waals surface area contributed by atoms with Crippen molar-refractivity contribution in [2.45, 2.75) is 32.6 Å². The van der Waals surface area contributed by atoms with Crippen LogP contribution in [-0.2, 0) is 10.2 Å². The highest BCUT2D eigenvalue weighted by Gasteiger charge is 2.41. The van der Waals surface area contributed by atoms with Crippen LogP contribution in [0.15, 0.2) is 0 Å². The van der Waals surface area contributed by atoms with Crippen molar-refractivity contribution in [3.05, 3.63) is 0 Å². The Labute approximate surface area is 105 Å². The van der Waals surface area contributed by atoms with Gasteiger partial charge in [0.25, 0.3) is 10.2 Å². The van der Waals surface area contributed by atoms with E-state index < -0.39 is 10.2 Å². The number of nitrogens with one attached hydrogen (secondary N) is 2. The third-order valence-corrected chi connectivity index (χ3v) is 5.16. The maximum atomic E-state index is 11.9. The molecule has 0 aromatic rings. The largest absolute Gasteiger partial charge is 0.320 e. The lowest BCUT2D eigenvalue weighted by Crippen LogP contribution is -2.41.